The third-order valence-corrected chi connectivity index (χ3v) is 5.23. The second-order valence-electron chi connectivity index (χ2n) is 7.25. The lowest BCUT2D eigenvalue weighted by Gasteiger charge is -2.23. The Morgan fingerprint density at radius 2 is 2.00 bits per heavy atom. The molecule has 0 bridgehead atoms. The van der Waals surface area contributed by atoms with E-state index in [-0.39, 0.29) is 6.10 Å². The molecule has 152 valence electrons. The number of rotatable bonds is 5. The Morgan fingerprint density at radius 1 is 1.07 bits per heavy atom. The highest BCUT2D eigenvalue weighted by molar-refractivity contribution is 5.94. The summed E-state index contributed by atoms with van der Waals surface area (Å²) in [6, 6.07) is 10.0. The van der Waals surface area contributed by atoms with Gasteiger partial charge in [0.2, 0.25) is 11.8 Å². The van der Waals surface area contributed by atoms with Crippen LogP contribution in [-0.4, -0.2) is 51.5 Å². The minimum Gasteiger partial charge on any atom is -0.481 e. The first-order valence-corrected chi connectivity index (χ1v) is 9.98. The van der Waals surface area contributed by atoms with Crippen molar-refractivity contribution in [2.75, 3.05) is 20.2 Å². The lowest BCUT2D eigenvalue weighted by atomic mass is 10.0. The predicted octanol–water partition coefficient (Wildman–Crippen LogP) is 3.22. The van der Waals surface area contributed by atoms with Crippen LogP contribution in [0.25, 0.3) is 33.4 Å². The second kappa shape index (κ2) is 8.08. The number of methoxy groups -OCH3 is 1. The quantitative estimate of drug-likeness (QED) is 0.529. The van der Waals surface area contributed by atoms with Crippen LogP contribution in [0, 0.1) is 0 Å². The van der Waals surface area contributed by atoms with Crippen molar-refractivity contribution in [3.8, 4) is 34.3 Å². The normalized spacial score (nSPS) is 16.5. The molecule has 1 aliphatic heterocycles. The summed E-state index contributed by atoms with van der Waals surface area (Å²) in [4.78, 5) is 13.2. The molecule has 1 fully saturated rings. The first kappa shape index (κ1) is 18.5. The van der Waals surface area contributed by atoms with E-state index < -0.39 is 0 Å². The highest BCUT2D eigenvalue weighted by atomic mass is 16.5. The number of aromatic nitrogens is 5. The first-order valence-electron chi connectivity index (χ1n) is 9.98. The van der Waals surface area contributed by atoms with Crippen molar-refractivity contribution < 1.29 is 9.47 Å². The van der Waals surface area contributed by atoms with Gasteiger partial charge in [0, 0.05) is 24.2 Å². The van der Waals surface area contributed by atoms with Gasteiger partial charge in [0.1, 0.15) is 17.5 Å². The molecule has 0 spiro atoms. The summed E-state index contributed by atoms with van der Waals surface area (Å²) in [6.07, 6.45) is 7.34. The van der Waals surface area contributed by atoms with Crippen LogP contribution in [0.4, 0.5) is 0 Å². The fourth-order valence-electron chi connectivity index (χ4n) is 3.70. The fourth-order valence-corrected chi connectivity index (χ4v) is 3.70. The molecule has 0 aliphatic carbocycles. The molecular formula is C22H22N6O2. The van der Waals surface area contributed by atoms with Crippen molar-refractivity contribution in [1.82, 2.24) is 30.5 Å². The van der Waals surface area contributed by atoms with Gasteiger partial charge in [-0.1, -0.05) is 6.07 Å². The molecule has 1 atom stereocenters. The molecule has 1 aromatic carbocycles. The molecule has 8 heteroatoms. The van der Waals surface area contributed by atoms with E-state index in [1.165, 1.54) is 0 Å². The molecule has 1 aliphatic rings. The summed E-state index contributed by atoms with van der Waals surface area (Å²) < 4.78 is 11.3. The van der Waals surface area contributed by atoms with E-state index >= 15 is 0 Å². The van der Waals surface area contributed by atoms with Crippen molar-refractivity contribution in [2.24, 2.45) is 0 Å². The highest BCUT2D eigenvalue weighted by Crippen LogP contribution is 2.31. The number of fused-ring (bicyclic) bond motifs is 1. The number of benzene rings is 1. The average molecular weight is 402 g/mol. The summed E-state index contributed by atoms with van der Waals surface area (Å²) in [6.45, 7) is 1.87. The van der Waals surface area contributed by atoms with Gasteiger partial charge in [0.05, 0.1) is 25.0 Å². The van der Waals surface area contributed by atoms with E-state index in [0.717, 1.165) is 53.7 Å². The Morgan fingerprint density at radius 3 is 2.87 bits per heavy atom. The third kappa shape index (κ3) is 3.69. The monoisotopic (exact) mass is 402 g/mol. The van der Waals surface area contributed by atoms with Gasteiger partial charge in [0.25, 0.3) is 0 Å². The highest BCUT2D eigenvalue weighted by Gasteiger charge is 2.17. The van der Waals surface area contributed by atoms with Gasteiger partial charge in [-0.2, -0.15) is 5.10 Å². The van der Waals surface area contributed by atoms with Crippen LogP contribution in [0.1, 0.15) is 12.8 Å². The van der Waals surface area contributed by atoms with Crippen molar-refractivity contribution in [3.05, 3.63) is 48.9 Å². The molecule has 4 heterocycles. The number of nitrogens with zero attached hydrogens (tertiary/aromatic N) is 4. The second-order valence-corrected chi connectivity index (χ2v) is 7.25. The zero-order valence-electron chi connectivity index (χ0n) is 16.6. The lowest BCUT2D eigenvalue weighted by molar-refractivity contribution is 0.160. The smallest absolute Gasteiger partial charge is 0.233 e. The SMILES string of the molecule is COc1cc(-c2ccc3[nH]nc(-c4cncc(O[C@@H]5CCCNC5)n4)c3c2)ccn1. The Bertz CT molecular complexity index is 1170. The van der Waals surface area contributed by atoms with Crippen LogP contribution < -0.4 is 14.8 Å². The molecule has 0 unspecified atom stereocenters. The molecule has 3 aromatic heterocycles. The maximum atomic E-state index is 6.03. The fraction of sp³-hybridized carbons (Fsp3) is 0.273. The van der Waals surface area contributed by atoms with Crippen molar-refractivity contribution in [1.29, 1.82) is 0 Å². The van der Waals surface area contributed by atoms with Gasteiger partial charge in [-0.25, -0.2) is 9.97 Å². The summed E-state index contributed by atoms with van der Waals surface area (Å²) in [5.74, 6) is 1.10. The Kier molecular flexibility index (Phi) is 4.98. The van der Waals surface area contributed by atoms with E-state index in [2.05, 4.69) is 36.5 Å². The Labute approximate surface area is 173 Å². The zero-order chi connectivity index (χ0) is 20.3. The Balaban J connectivity index is 1.49. The third-order valence-electron chi connectivity index (χ3n) is 5.23. The molecule has 1 saturated heterocycles. The molecule has 0 amide bonds. The van der Waals surface area contributed by atoms with Gasteiger partial charge in [-0.15, -0.1) is 0 Å². The van der Waals surface area contributed by atoms with Crippen LogP contribution in [0.5, 0.6) is 11.8 Å². The van der Waals surface area contributed by atoms with Gasteiger partial charge in [-0.05, 0) is 48.7 Å². The van der Waals surface area contributed by atoms with E-state index in [0.29, 0.717) is 17.5 Å². The van der Waals surface area contributed by atoms with Crippen molar-refractivity contribution in [3.63, 3.8) is 0 Å². The van der Waals surface area contributed by atoms with E-state index in [1.54, 1.807) is 25.7 Å². The van der Waals surface area contributed by atoms with Crippen LogP contribution in [-0.2, 0) is 0 Å². The van der Waals surface area contributed by atoms with E-state index in [4.69, 9.17) is 9.47 Å². The summed E-state index contributed by atoms with van der Waals surface area (Å²) in [7, 11) is 1.61. The molecule has 30 heavy (non-hydrogen) atoms. The molecule has 5 rings (SSSR count). The number of aromatic amines is 1. The van der Waals surface area contributed by atoms with Crippen molar-refractivity contribution >= 4 is 10.9 Å². The predicted molar refractivity (Wildman–Crippen MR) is 113 cm³/mol. The number of H-pyrrole nitrogens is 1. The molecule has 0 radical (unpaired) electrons. The van der Waals surface area contributed by atoms with Gasteiger partial charge in [0.15, 0.2) is 0 Å². The maximum absolute atomic E-state index is 6.03. The number of hydrogen-bond donors (Lipinski definition) is 2. The number of piperidine rings is 1. The van der Waals surface area contributed by atoms with Crippen LogP contribution in [0.15, 0.2) is 48.9 Å². The summed E-state index contributed by atoms with van der Waals surface area (Å²) >= 11 is 0. The van der Waals surface area contributed by atoms with Gasteiger partial charge < -0.3 is 14.8 Å². The zero-order valence-corrected chi connectivity index (χ0v) is 16.6. The number of nitrogens with one attached hydrogen (secondary N) is 2. The average Bonchev–Trinajstić information content (AvgIpc) is 3.23. The van der Waals surface area contributed by atoms with Crippen LogP contribution in [0.3, 0.4) is 0 Å². The number of ether oxygens (including phenoxy) is 2. The first-order chi connectivity index (χ1) is 14.8. The van der Waals surface area contributed by atoms with E-state index in [9.17, 15) is 0 Å². The van der Waals surface area contributed by atoms with Crippen LogP contribution >= 0.6 is 0 Å². The Hall–Kier alpha value is -3.52. The van der Waals surface area contributed by atoms with Crippen LogP contribution in [0.2, 0.25) is 0 Å². The van der Waals surface area contributed by atoms with Crippen molar-refractivity contribution in [2.45, 2.75) is 18.9 Å². The standard InChI is InChI=1S/C22H22N6O2/c1-29-20-10-15(6-8-25-20)14-4-5-18-17(9-14)22(28-27-18)19-12-24-13-21(26-19)30-16-3-2-7-23-11-16/h4-6,8-10,12-13,16,23H,2-3,7,11H2,1H3,(H,27,28)/t16-/m1/s1. The lowest BCUT2D eigenvalue weighted by Crippen LogP contribution is -2.37. The van der Waals surface area contributed by atoms with E-state index in [1.807, 2.05) is 24.3 Å². The molecule has 8 nitrogen and oxygen atoms in total. The number of pyridine rings is 1. The minimum atomic E-state index is 0.118. The molecule has 0 saturated carbocycles. The maximum Gasteiger partial charge on any atom is 0.233 e. The van der Waals surface area contributed by atoms with Gasteiger partial charge >= 0.3 is 0 Å². The van der Waals surface area contributed by atoms with Gasteiger partial charge in [-0.3, -0.25) is 10.1 Å². The molecular weight excluding hydrogens is 380 g/mol. The molecule has 4 aromatic rings. The minimum absolute atomic E-state index is 0.118. The largest absolute Gasteiger partial charge is 0.481 e. The summed E-state index contributed by atoms with van der Waals surface area (Å²) in [5.41, 5.74) is 4.40. The summed E-state index contributed by atoms with van der Waals surface area (Å²) in [5, 5.41) is 11.9. The number of hydrogen-bond acceptors (Lipinski definition) is 7. The topological polar surface area (TPSA) is 97.8 Å². The molecule has 2 N–H and O–H groups in total.